The zero-order valence-electron chi connectivity index (χ0n) is 22.9. The number of likely N-dealkylation sites (N-methyl/N-ethyl adjacent to an activating group) is 1. The fourth-order valence-corrected chi connectivity index (χ4v) is 6.04. The molecule has 0 aromatic heterocycles. The maximum Gasteiger partial charge on any atom is 0.264 e. The first-order valence-electron chi connectivity index (χ1n) is 12.8. The Morgan fingerprint density at radius 2 is 1.62 bits per heavy atom. The molecule has 1 N–H and O–H groups in total. The number of rotatable bonds is 12. The van der Waals surface area contributed by atoms with E-state index in [0.717, 1.165) is 9.87 Å². The Labute approximate surface area is 245 Å². The second kappa shape index (κ2) is 13.9. The predicted octanol–water partition coefficient (Wildman–Crippen LogP) is 5.45. The van der Waals surface area contributed by atoms with Crippen molar-refractivity contribution in [3.63, 3.8) is 0 Å². The summed E-state index contributed by atoms with van der Waals surface area (Å²) in [6, 6.07) is 16.9. The Morgan fingerprint density at radius 3 is 2.17 bits per heavy atom. The first kappa shape index (κ1) is 31.3. The number of anilines is 1. The fourth-order valence-electron chi connectivity index (χ4n) is 4.16. The summed E-state index contributed by atoms with van der Waals surface area (Å²) in [7, 11) is -2.70. The van der Waals surface area contributed by atoms with Gasteiger partial charge in [-0.25, -0.2) is 8.42 Å². The van der Waals surface area contributed by atoms with E-state index in [1.54, 1.807) is 61.5 Å². The Kier molecular flexibility index (Phi) is 10.8. The summed E-state index contributed by atoms with van der Waals surface area (Å²) in [5, 5.41) is 3.35. The normalized spacial score (nSPS) is 11.9. The van der Waals surface area contributed by atoms with Crippen LogP contribution in [0.15, 0.2) is 71.6 Å². The molecule has 0 radical (unpaired) electrons. The number of hydrogen-bond acceptors (Lipinski definition) is 5. The summed E-state index contributed by atoms with van der Waals surface area (Å²) in [5.41, 5.74) is 1.81. The molecule has 1 atom stereocenters. The largest absolute Gasteiger partial charge is 0.494 e. The molecule has 0 aliphatic carbocycles. The van der Waals surface area contributed by atoms with Gasteiger partial charge in [0.1, 0.15) is 18.3 Å². The number of nitrogens with one attached hydrogen (secondary N) is 1. The zero-order chi connectivity index (χ0) is 29.4. The van der Waals surface area contributed by atoms with Crippen LogP contribution in [0.25, 0.3) is 0 Å². The van der Waals surface area contributed by atoms with E-state index >= 15 is 0 Å². The van der Waals surface area contributed by atoms with Crippen molar-refractivity contribution in [2.45, 2.75) is 44.7 Å². The van der Waals surface area contributed by atoms with Gasteiger partial charge in [0.05, 0.1) is 17.2 Å². The average Bonchev–Trinajstić information content (AvgIpc) is 2.93. The number of hydrogen-bond donors (Lipinski definition) is 1. The van der Waals surface area contributed by atoms with Gasteiger partial charge >= 0.3 is 0 Å². The van der Waals surface area contributed by atoms with Crippen LogP contribution in [0.5, 0.6) is 5.75 Å². The summed E-state index contributed by atoms with van der Waals surface area (Å²) >= 11 is 12.5. The van der Waals surface area contributed by atoms with Gasteiger partial charge in [0.2, 0.25) is 11.8 Å². The highest BCUT2D eigenvalue weighted by Crippen LogP contribution is 2.28. The van der Waals surface area contributed by atoms with Crippen LogP contribution in [0.3, 0.4) is 0 Å². The quantitative estimate of drug-likeness (QED) is 0.296. The van der Waals surface area contributed by atoms with E-state index in [-0.39, 0.29) is 17.3 Å². The van der Waals surface area contributed by atoms with Crippen molar-refractivity contribution in [2.75, 3.05) is 24.5 Å². The molecule has 40 heavy (non-hydrogen) atoms. The van der Waals surface area contributed by atoms with Gasteiger partial charge in [0, 0.05) is 23.6 Å². The third kappa shape index (κ3) is 7.47. The first-order chi connectivity index (χ1) is 19.0. The summed E-state index contributed by atoms with van der Waals surface area (Å²) in [6.45, 7) is 5.36. The van der Waals surface area contributed by atoms with E-state index in [4.69, 9.17) is 27.9 Å². The maximum absolute atomic E-state index is 14.0. The lowest BCUT2D eigenvalue weighted by atomic mass is 10.1. The predicted molar refractivity (Wildman–Crippen MR) is 158 cm³/mol. The van der Waals surface area contributed by atoms with Gasteiger partial charge in [-0.1, -0.05) is 53.9 Å². The first-order valence-corrected chi connectivity index (χ1v) is 15.0. The van der Waals surface area contributed by atoms with E-state index in [0.29, 0.717) is 40.1 Å². The number of benzene rings is 3. The molecular formula is C29H33Cl2N3O5S. The van der Waals surface area contributed by atoms with Crippen LogP contribution in [0.1, 0.15) is 31.4 Å². The molecule has 0 saturated heterocycles. The van der Waals surface area contributed by atoms with E-state index in [1.165, 1.54) is 24.1 Å². The SMILES string of the molecule is CCOc1ccc(S(=O)(=O)N(CC(=O)N(Cc2ccc(Cl)cc2Cl)[C@H](CC)C(=O)NC)c2ccc(C)cc2)cc1. The third-order valence-corrected chi connectivity index (χ3v) is 8.69. The second-order valence-electron chi connectivity index (χ2n) is 9.05. The van der Waals surface area contributed by atoms with Crippen LogP contribution in [-0.4, -0.2) is 51.4 Å². The Balaban J connectivity index is 2.06. The highest BCUT2D eigenvalue weighted by atomic mass is 35.5. The van der Waals surface area contributed by atoms with E-state index in [9.17, 15) is 18.0 Å². The standard InChI is InChI=1S/C29H33Cl2N3O5S/c1-5-27(29(36)32-4)33(18-21-9-10-22(30)17-26(21)31)28(35)19-34(23-11-7-20(3)8-12-23)40(37,38)25-15-13-24(14-16-25)39-6-2/h7-17,27H,5-6,18-19H2,1-4H3,(H,32,36)/t27-/m1/s1. The minimum Gasteiger partial charge on any atom is -0.494 e. The molecule has 0 bridgehead atoms. The molecule has 8 nitrogen and oxygen atoms in total. The highest BCUT2D eigenvalue weighted by molar-refractivity contribution is 7.92. The molecule has 0 unspecified atom stereocenters. The Morgan fingerprint density at radius 1 is 0.975 bits per heavy atom. The van der Waals surface area contributed by atoms with Gasteiger partial charge in [-0.15, -0.1) is 0 Å². The van der Waals surface area contributed by atoms with Crippen LogP contribution in [-0.2, 0) is 26.2 Å². The molecule has 2 amide bonds. The van der Waals surface area contributed by atoms with Crippen molar-refractivity contribution < 1.29 is 22.7 Å². The van der Waals surface area contributed by atoms with Crippen molar-refractivity contribution in [3.8, 4) is 5.75 Å². The number of nitrogens with zero attached hydrogens (tertiary/aromatic N) is 2. The average molecular weight is 607 g/mol. The summed E-state index contributed by atoms with van der Waals surface area (Å²) in [5.74, 6) is -0.421. The van der Waals surface area contributed by atoms with Crippen molar-refractivity contribution in [1.29, 1.82) is 0 Å². The van der Waals surface area contributed by atoms with Crippen LogP contribution in [0.4, 0.5) is 5.69 Å². The molecule has 3 aromatic rings. The molecule has 0 spiro atoms. The van der Waals surface area contributed by atoms with Gasteiger partial charge < -0.3 is 15.0 Å². The molecule has 0 fully saturated rings. The van der Waals surface area contributed by atoms with Crippen molar-refractivity contribution in [2.24, 2.45) is 0 Å². The molecule has 0 aliphatic rings. The lowest BCUT2D eigenvalue weighted by molar-refractivity contribution is -0.140. The fraction of sp³-hybridized carbons (Fsp3) is 0.310. The lowest BCUT2D eigenvalue weighted by Gasteiger charge is -2.33. The maximum atomic E-state index is 14.0. The van der Waals surface area contributed by atoms with Crippen LogP contribution >= 0.6 is 23.2 Å². The minimum atomic E-state index is -4.19. The topological polar surface area (TPSA) is 96.0 Å². The van der Waals surface area contributed by atoms with Crippen molar-refractivity contribution in [1.82, 2.24) is 10.2 Å². The Hall–Kier alpha value is -3.27. The number of carbonyl (C=O) groups is 2. The van der Waals surface area contributed by atoms with Gasteiger partial charge in [0.25, 0.3) is 10.0 Å². The number of ether oxygens (including phenoxy) is 1. The van der Waals surface area contributed by atoms with Crippen molar-refractivity contribution in [3.05, 3.63) is 87.9 Å². The number of aryl methyl sites for hydroxylation is 1. The van der Waals surface area contributed by atoms with Crippen molar-refractivity contribution >= 4 is 50.7 Å². The Bertz CT molecular complexity index is 1430. The summed E-state index contributed by atoms with van der Waals surface area (Å²) < 4.78 is 34.3. The second-order valence-corrected chi connectivity index (χ2v) is 11.8. The number of sulfonamides is 1. The van der Waals surface area contributed by atoms with E-state index < -0.39 is 28.5 Å². The number of halogens is 2. The lowest BCUT2D eigenvalue weighted by Crippen LogP contribution is -2.51. The van der Waals surface area contributed by atoms with Crippen LogP contribution in [0.2, 0.25) is 10.0 Å². The molecule has 11 heteroatoms. The molecule has 0 aliphatic heterocycles. The van der Waals surface area contributed by atoms with Gasteiger partial charge in [-0.3, -0.25) is 13.9 Å². The minimum absolute atomic E-state index is 0.00466. The van der Waals surface area contributed by atoms with Crippen LogP contribution < -0.4 is 14.4 Å². The number of carbonyl (C=O) groups excluding carboxylic acids is 2. The molecule has 0 heterocycles. The monoisotopic (exact) mass is 605 g/mol. The van der Waals surface area contributed by atoms with Gasteiger partial charge in [0.15, 0.2) is 0 Å². The summed E-state index contributed by atoms with van der Waals surface area (Å²) in [6.07, 6.45) is 0.298. The van der Waals surface area contributed by atoms with E-state index in [2.05, 4.69) is 5.32 Å². The number of amides is 2. The molecular weight excluding hydrogens is 573 g/mol. The van der Waals surface area contributed by atoms with Gasteiger partial charge in [-0.05, 0) is 74.4 Å². The van der Waals surface area contributed by atoms with Gasteiger partial charge in [-0.2, -0.15) is 0 Å². The smallest absolute Gasteiger partial charge is 0.264 e. The molecule has 214 valence electrons. The zero-order valence-corrected chi connectivity index (χ0v) is 25.2. The molecule has 3 aromatic carbocycles. The van der Waals surface area contributed by atoms with Crippen LogP contribution in [0, 0.1) is 6.92 Å². The van der Waals surface area contributed by atoms with E-state index in [1.807, 2.05) is 13.8 Å². The highest BCUT2D eigenvalue weighted by Gasteiger charge is 2.33. The molecule has 0 saturated carbocycles. The third-order valence-electron chi connectivity index (χ3n) is 6.31. The molecule has 3 rings (SSSR count). The summed E-state index contributed by atoms with van der Waals surface area (Å²) in [4.78, 5) is 28.1.